The predicted octanol–water partition coefficient (Wildman–Crippen LogP) is 2.68. The van der Waals surface area contributed by atoms with E-state index in [0.717, 1.165) is 18.6 Å². The van der Waals surface area contributed by atoms with Crippen LogP contribution < -0.4 is 0 Å². The molecule has 1 aromatic rings. The number of amides is 1. The number of aliphatic hydroxyl groups excluding tert-OH is 1. The van der Waals surface area contributed by atoms with Crippen LogP contribution in [0.1, 0.15) is 19.8 Å². The Labute approximate surface area is 127 Å². The number of likely N-dealkylation sites (tertiary alicyclic amines) is 1. The van der Waals surface area contributed by atoms with Gasteiger partial charge in [0, 0.05) is 23.6 Å². The maximum Gasteiger partial charge on any atom is 0.223 e. The van der Waals surface area contributed by atoms with Crippen LogP contribution in [-0.4, -0.2) is 40.9 Å². The highest BCUT2D eigenvalue weighted by Gasteiger charge is 2.33. The lowest BCUT2D eigenvalue weighted by molar-refractivity contribution is -0.132. The molecule has 0 radical (unpaired) electrons. The molecular weight excluding hydrogens is 296 g/mol. The van der Waals surface area contributed by atoms with Crippen molar-refractivity contribution >= 4 is 17.7 Å². The summed E-state index contributed by atoms with van der Waals surface area (Å²) in [5.41, 5.74) is 0. The molecule has 1 N–H and O–H groups in total. The molecule has 0 aliphatic carbocycles. The molecule has 3 nitrogen and oxygen atoms in total. The molecule has 0 saturated carbocycles. The zero-order valence-electron chi connectivity index (χ0n) is 11.9. The second kappa shape index (κ2) is 7.22. The molecule has 0 bridgehead atoms. The number of hydrogen-bond acceptors (Lipinski definition) is 3. The summed E-state index contributed by atoms with van der Waals surface area (Å²) in [5, 5.41) is 9.34. The van der Waals surface area contributed by atoms with E-state index in [-0.39, 0.29) is 18.6 Å². The molecule has 1 aromatic carbocycles. The standard InChI is InChI=1S/C15H19F2NO2S/c1-10-4-6-18(14(10)9-19)15(20)5-7-21-11-2-3-12(16)13(17)8-11/h2-3,8,10,14,19H,4-7,9H2,1H3. The molecule has 0 aromatic heterocycles. The van der Waals surface area contributed by atoms with Gasteiger partial charge in [-0.15, -0.1) is 11.8 Å². The van der Waals surface area contributed by atoms with Crippen LogP contribution in [0.25, 0.3) is 0 Å². The summed E-state index contributed by atoms with van der Waals surface area (Å²) in [6.45, 7) is 2.70. The van der Waals surface area contributed by atoms with Crippen LogP contribution in [0, 0.1) is 17.6 Å². The lowest BCUT2D eigenvalue weighted by atomic mass is 10.0. The number of aliphatic hydroxyl groups is 1. The van der Waals surface area contributed by atoms with Crippen LogP contribution in [0.15, 0.2) is 23.1 Å². The minimum Gasteiger partial charge on any atom is -0.394 e. The van der Waals surface area contributed by atoms with Gasteiger partial charge in [-0.1, -0.05) is 6.92 Å². The van der Waals surface area contributed by atoms with Crippen molar-refractivity contribution in [3.63, 3.8) is 0 Å². The highest BCUT2D eigenvalue weighted by atomic mass is 32.2. The molecule has 1 aliphatic heterocycles. The van der Waals surface area contributed by atoms with Gasteiger partial charge in [0.1, 0.15) is 0 Å². The summed E-state index contributed by atoms with van der Waals surface area (Å²) in [6, 6.07) is 3.63. The second-order valence-electron chi connectivity index (χ2n) is 5.28. The average molecular weight is 315 g/mol. The van der Waals surface area contributed by atoms with E-state index in [9.17, 15) is 18.7 Å². The van der Waals surface area contributed by atoms with Gasteiger partial charge in [0.2, 0.25) is 5.91 Å². The molecule has 6 heteroatoms. The Morgan fingerprint density at radius 1 is 1.43 bits per heavy atom. The quantitative estimate of drug-likeness (QED) is 0.849. The summed E-state index contributed by atoms with van der Waals surface area (Å²) in [7, 11) is 0. The van der Waals surface area contributed by atoms with Gasteiger partial charge in [-0.25, -0.2) is 8.78 Å². The van der Waals surface area contributed by atoms with Gasteiger partial charge < -0.3 is 10.0 Å². The van der Waals surface area contributed by atoms with E-state index in [1.165, 1.54) is 17.8 Å². The van der Waals surface area contributed by atoms with Crippen molar-refractivity contribution in [2.45, 2.75) is 30.7 Å². The van der Waals surface area contributed by atoms with Gasteiger partial charge in [-0.05, 0) is 30.5 Å². The molecule has 1 aliphatic rings. The first-order valence-electron chi connectivity index (χ1n) is 7.01. The van der Waals surface area contributed by atoms with Gasteiger partial charge in [0.05, 0.1) is 12.6 Å². The summed E-state index contributed by atoms with van der Waals surface area (Å²) in [5.74, 6) is -0.911. The third-order valence-corrected chi connectivity index (χ3v) is 4.86. The normalized spacial score (nSPS) is 21.8. The largest absolute Gasteiger partial charge is 0.394 e. The minimum absolute atomic E-state index is 0.00786. The van der Waals surface area contributed by atoms with Crippen LogP contribution in [0.2, 0.25) is 0 Å². The average Bonchev–Trinajstić information content (AvgIpc) is 2.83. The van der Waals surface area contributed by atoms with Crippen LogP contribution in [0.5, 0.6) is 0 Å². The number of hydrogen-bond donors (Lipinski definition) is 1. The topological polar surface area (TPSA) is 40.5 Å². The van der Waals surface area contributed by atoms with E-state index < -0.39 is 11.6 Å². The van der Waals surface area contributed by atoms with Crippen molar-refractivity contribution < 1.29 is 18.7 Å². The number of carbonyl (C=O) groups is 1. The molecule has 1 saturated heterocycles. The van der Waals surface area contributed by atoms with Gasteiger partial charge in [-0.2, -0.15) is 0 Å². The first kappa shape index (κ1) is 16.2. The zero-order chi connectivity index (χ0) is 15.4. The van der Waals surface area contributed by atoms with E-state index in [1.807, 2.05) is 6.92 Å². The summed E-state index contributed by atoms with van der Waals surface area (Å²) >= 11 is 1.32. The molecule has 0 spiro atoms. The molecule has 1 heterocycles. The highest BCUT2D eigenvalue weighted by molar-refractivity contribution is 7.99. The van der Waals surface area contributed by atoms with E-state index in [4.69, 9.17) is 0 Å². The van der Waals surface area contributed by atoms with Gasteiger partial charge in [0.15, 0.2) is 11.6 Å². The van der Waals surface area contributed by atoms with Gasteiger partial charge in [-0.3, -0.25) is 4.79 Å². The molecule has 2 rings (SSSR count). The first-order valence-corrected chi connectivity index (χ1v) is 7.99. The Morgan fingerprint density at radius 2 is 2.19 bits per heavy atom. The van der Waals surface area contributed by atoms with Crippen LogP contribution >= 0.6 is 11.8 Å². The number of carbonyl (C=O) groups excluding carboxylic acids is 1. The molecule has 1 amide bonds. The van der Waals surface area contributed by atoms with Crippen molar-refractivity contribution in [1.29, 1.82) is 0 Å². The van der Waals surface area contributed by atoms with Crippen molar-refractivity contribution in [2.24, 2.45) is 5.92 Å². The van der Waals surface area contributed by atoms with Crippen LogP contribution in [0.3, 0.4) is 0 Å². The molecule has 21 heavy (non-hydrogen) atoms. The van der Waals surface area contributed by atoms with Crippen molar-refractivity contribution in [1.82, 2.24) is 4.90 Å². The summed E-state index contributed by atoms with van der Waals surface area (Å²) in [6.07, 6.45) is 1.24. The molecule has 116 valence electrons. The van der Waals surface area contributed by atoms with Crippen molar-refractivity contribution in [3.05, 3.63) is 29.8 Å². The van der Waals surface area contributed by atoms with E-state index >= 15 is 0 Å². The number of thioether (sulfide) groups is 1. The third kappa shape index (κ3) is 3.95. The Bertz CT molecular complexity index is 512. The van der Waals surface area contributed by atoms with Gasteiger partial charge in [0.25, 0.3) is 0 Å². The smallest absolute Gasteiger partial charge is 0.223 e. The second-order valence-corrected chi connectivity index (χ2v) is 6.45. The number of nitrogens with zero attached hydrogens (tertiary/aromatic N) is 1. The lowest BCUT2D eigenvalue weighted by Gasteiger charge is -2.25. The van der Waals surface area contributed by atoms with E-state index in [1.54, 1.807) is 4.90 Å². The Kier molecular flexibility index (Phi) is 5.58. The Morgan fingerprint density at radius 3 is 2.86 bits per heavy atom. The predicted molar refractivity (Wildman–Crippen MR) is 78.1 cm³/mol. The van der Waals surface area contributed by atoms with Crippen LogP contribution in [-0.2, 0) is 4.79 Å². The zero-order valence-corrected chi connectivity index (χ0v) is 12.7. The minimum atomic E-state index is -0.875. The van der Waals surface area contributed by atoms with E-state index in [2.05, 4.69) is 0 Å². The van der Waals surface area contributed by atoms with E-state index in [0.29, 0.717) is 29.5 Å². The molecular formula is C15H19F2NO2S. The van der Waals surface area contributed by atoms with Crippen molar-refractivity contribution in [2.75, 3.05) is 18.9 Å². The maximum absolute atomic E-state index is 13.1. The summed E-state index contributed by atoms with van der Waals surface area (Å²) < 4.78 is 25.9. The maximum atomic E-state index is 13.1. The fraction of sp³-hybridized carbons (Fsp3) is 0.533. The number of benzene rings is 1. The highest BCUT2D eigenvalue weighted by Crippen LogP contribution is 2.26. The third-order valence-electron chi connectivity index (χ3n) is 3.87. The Balaban J connectivity index is 1.83. The lowest BCUT2D eigenvalue weighted by Crippen LogP contribution is -2.39. The Hall–Kier alpha value is -1.14. The fourth-order valence-electron chi connectivity index (χ4n) is 2.56. The monoisotopic (exact) mass is 315 g/mol. The molecule has 2 unspecified atom stereocenters. The van der Waals surface area contributed by atoms with Crippen LogP contribution in [0.4, 0.5) is 8.78 Å². The SMILES string of the molecule is CC1CCN(C(=O)CCSc2ccc(F)c(F)c2)C1CO. The molecule has 1 fully saturated rings. The number of rotatable bonds is 5. The summed E-state index contributed by atoms with van der Waals surface area (Å²) in [4.78, 5) is 14.5. The first-order chi connectivity index (χ1) is 10.0. The van der Waals surface area contributed by atoms with Gasteiger partial charge >= 0.3 is 0 Å². The fourth-order valence-corrected chi connectivity index (χ4v) is 3.43. The number of halogens is 2. The molecule has 2 atom stereocenters. The van der Waals surface area contributed by atoms with Crippen molar-refractivity contribution in [3.8, 4) is 0 Å².